The van der Waals surface area contributed by atoms with Crippen LogP contribution >= 0.6 is 11.3 Å². The molecule has 2 fully saturated rings. The van der Waals surface area contributed by atoms with Crippen LogP contribution in [0.15, 0.2) is 17.5 Å². The summed E-state index contributed by atoms with van der Waals surface area (Å²) in [6, 6.07) is 4.20. The van der Waals surface area contributed by atoms with Crippen molar-refractivity contribution in [2.45, 2.75) is 44.1 Å². The molecule has 2 aliphatic heterocycles. The maximum absolute atomic E-state index is 12.6. The van der Waals surface area contributed by atoms with Gasteiger partial charge in [0.1, 0.15) is 0 Å². The molecule has 5 nitrogen and oxygen atoms in total. The molecule has 1 spiro atoms. The number of hydrogen-bond acceptors (Lipinski definition) is 4. The molecule has 0 saturated carbocycles. The Morgan fingerprint density at radius 1 is 1.38 bits per heavy atom. The number of aryl methyl sites for hydroxylation is 1. The Morgan fingerprint density at radius 3 is 3.04 bits per heavy atom. The molecule has 2 amide bonds. The highest BCUT2D eigenvalue weighted by Gasteiger charge is 2.41. The SMILES string of the molecule is CN1CCN(C(=O)CCCc2cccs2)CC12CCNC(=O)CC2. The molecule has 1 unspecified atom stereocenters. The van der Waals surface area contributed by atoms with Gasteiger partial charge in [0.05, 0.1) is 0 Å². The third-order valence-electron chi connectivity index (χ3n) is 5.48. The monoisotopic (exact) mass is 349 g/mol. The fourth-order valence-electron chi connectivity index (χ4n) is 3.84. The lowest BCUT2D eigenvalue weighted by Crippen LogP contribution is -2.62. The fourth-order valence-corrected chi connectivity index (χ4v) is 4.59. The summed E-state index contributed by atoms with van der Waals surface area (Å²) in [5, 5.41) is 5.05. The molecule has 1 aromatic rings. The normalized spacial score (nSPS) is 25.5. The van der Waals surface area contributed by atoms with Crippen LogP contribution in [0, 0.1) is 0 Å². The Hall–Kier alpha value is -1.40. The second-order valence-electron chi connectivity index (χ2n) is 6.99. The van der Waals surface area contributed by atoms with Gasteiger partial charge in [-0.1, -0.05) is 6.07 Å². The first-order valence-electron chi connectivity index (χ1n) is 8.87. The molecule has 6 heteroatoms. The smallest absolute Gasteiger partial charge is 0.222 e. The van der Waals surface area contributed by atoms with Crippen molar-refractivity contribution in [2.24, 2.45) is 0 Å². The average molecular weight is 350 g/mol. The van der Waals surface area contributed by atoms with Gasteiger partial charge in [0.25, 0.3) is 0 Å². The van der Waals surface area contributed by atoms with E-state index in [0.29, 0.717) is 19.4 Å². The van der Waals surface area contributed by atoms with Crippen LogP contribution in [0.25, 0.3) is 0 Å². The van der Waals surface area contributed by atoms with Gasteiger partial charge < -0.3 is 10.2 Å². The first kappa shape index (κ1) is 17.4. The van der Waals surface area contributed by atoms with E-state index in [1.807, 2.05) is 4.90 Å². The van der Waals surface area contributed by atoms with Gasteiger partial charge in [-0.2, -0.15) is 0 Å². The van der Waals surface area contributed by atoms with E-state index in [4.69, 9.17) is 0 Å². The molecular weight excluding hydrogens is 322 g/mol. The van der Waals surface area contributed by atoms with Gasteiger partial charge in [0, 0.05) is 49.4 Å². The van der Waals surface area contributed by atoms with E-state index in [2.05, 4.69) is 34.8 Å². The lowest BCUT2D eigenvalue weighted by molar-refractivity contribution is -0.137. The Kier molecular flexibility index (Phi) is 5.56. The summed E-state index contributed by atoms with van der Waals surface area (Å²) in [7, 11) is 2.13. The highest BCUT2D eigenvalue weighted by molar-refractivity contribution is 7.09. The minimum atomic E-state index is -0.0409. The van der Waals surface area contributed by atoms with Crippen molar-refractivity contribution in [2.75, 3.05) is 33.2 Å². The van der Waals surface area contributed by atoms with Crippen LogP contribution in [0.2, 0.25) is 0 Å². The van der Waals surface area contributed by atoms with E-state index in [9.17, 15) is 9.59 Å². The van der Waals surface area contributed by atoms with Crippen LogP contribution in [0.5, 0.6) is 0 Å². The number of hydrogen-bond donors (Lipinski definition) is 1. The first-order valence-corrected chi connectivity index (χ1v) is 9.75. The highest BCUT2D eigenvalue weighted by Crippen LogP contribution is 2.30. The lowest BCUT2D eigenvalue weighted by Gasteiger charge is -2.49. The number of carbonyl (C=O) groups excluding carboxylic acids is 2. The summed E-state index contributed by atoms with van der Waals surface area (Å²) in [6.07, 6.45) is 4.85. The Morgan fingerprint density at radius 2 is 2.25 bits per heavy atom. The summed E-state index contributed by atoms with van der Waals surface area (Å²) >= 11 is 1.76. The number of carbonyl (C=O) groups is 2. The Labute approximate surface area is 148 Å². The second kappa shape index (κ2) is 7.66. The topological polar surface area (TPSA) is 52.6 Å². The standard InChI is InChI=1S/C18H27N3O2S/c1-20-11-12-21(14-18(20)8-7-16(22)19-10-9-18)17(23)6-2-4-15-5-3-13-24-15/h3,5,13H,2,4,6-12,14H2,1H3,(H,19,22). The number of likely N-dealkylation sites (N-methyl/N-ethyl adjacent to an activating group) is 1. The largest absolute Gasteiger partial charge is 0.356 e. The number of nitrogens with zero attached hydrogens (tertiary/aromatic N) is 2. The summed E-state index contributed by atoms with van der Waals surface area (Å²) in [5.74, 6) is 0.405. The maximum Gasteiger partial charge on any atom is 0.222 e. The van der Waals surface area contributed by atoms with E-state index in [1.54, 1.807) is 11.3 Å². The van der Waals surface area contributed by atoms with Crippen LogP contribution in [0.3, 0.4) is 0 Å². The predicted octanol–water partition coefficient (Wildman–Crippen LogP) is 1.88. The number of rotatable bonds is 4. The molecule has 24 heavy (non-hydrogen) atoms. The third-order valence-corrected chi connectivity index (χ3v) is 6.41. The zero-order chi connectivity index (χ0) is 17.0. The number of amides is 2. The summed E-state index contributed by atoms with van der Waals surface area (Å²) < 4.78 is 0. The molecule has 0 aromatic carbocycles. The van der Waals surface area contributed by atoms with E-state index in [1.165, 1.54) is 4.88 Å². The fraction of sp³-hybridized carbons (Fsp3) is 0.667. The van der Waals surface area contributed by atoms with Crippen LogP contribution in [-0.2, 0) is 16.0 Å². The van der Waals surface area contributed by atoms with Crippen LogP contribution in [0.4, 0.5) is 0 Å². The lowest BCUT2D eigenvalue weighted by atomic mass is 9.86. The summed E-state index contributed by atoms with van der Waals surface area (Å²) in [5.41, 5.74) is -0.0409. The van der Waals surface area contributed by atoms with Gasteiger partial charge in [-0.05, 0) is 44.2 Å². The van der Waals surface area contributed by atoms with Crippen molar-refractivity contribution in [1.82, 2.24) is 15.1 Å². The average Bonchev–Trinajstić information content (AvgIpc) is 3.01. The van der Waals surface area contributed by atoms with Crippen molar-refractivity contribution in [3.05, 3.63) is 22.4 Å². The molecule has 3 heterocycles. The Balaban J connectivity index is 1.55. The molecule has 0 aliphatic carbocycles. The minimum Gasteiger partial charge on any atom is -0.356 e. The van der Waals surface area contributed by atoms with Crippen molar-refractivity contribution < 1.29 is 9.59 Å². The molecular formula is C18H27N3O2S. The van der Waals surface area contributed by atoms with E-state index in [0.717, 1.165) is 45.3 Å². The van der Waals surface area contributed by atoms with Crippen molar-refractivity contribution >= 4 is 23.2 Å². The molecule has 132 valence electrons. The highest BCUT2D eigenvalue weighted by atomic mass is 32.1. The van der Waals surface area contributed by atoms with Crippen molar-refractivity contribution in [3.8, 4) is 0 Å². The molecule has 0 radical (unpaired) electrons. The van der Waals surface area contributed by atoms with E-state index >= 15 is 0 Å². The van der Waals surface area contributed by atoms with Gasteiger partial charge in [-0.3, -0.25) is 14.5 Å². The first-order chi connectivity index (χ1) is 11.6. The summed E-state index contributed by atoms with van der Waals surface area (Å²) in [6.45, 7) is 3.17. The second-order valence-corrected chi connectivity index (χ2v) is 8.03. The Bertz CT molecular complexity index is 575. The molecule has 2 aliphatic rings. The van der Waals surface area contributed by atoms with Gasteiger partial charge in [0.15, 0.2) is 0 Å². The molecule has 3 rings (SSSR count). The van der Waals surface area contributed by atoms with Crippen LogP contribution in [0.1, 0.15) is 37.0 Å². The molecule has 2 saturated heterocycles. The van der Waals surface area contributed by atoms with Gasteiger partial charge >= 0.3 is 0 Å². The zero-order valence-corrected chi connectivity index (χ0v) is 15.2. The van der Waals surface area contributed by atoms with Crippen LogP contribution < -0.4 is 5.32 Å². The predicted molar refractivity (Wildman–Crippen MR) is 96.1 cm³/mol. The molecule has 1 aromatic heterocycles. The number of thiophene rings is 1. The quantitative estimate of drug-likeness (QED) is 0.903. The van der Waals surface area contributed by atoms with Gasteiger partial charge in [0.2, 0.25) is 11.8 Å². The van der Waals surface area contributed by atoms with Gasteiger partial charge in [-0.15, -0.1) is 11.3 Å². The van der Waals surface area contributed by atoms with Crippen molar-refractivity contribution in [1.29, 1.82) is 0 Å². The molecule has 1 N–H and O–H groups in total. The van der Waals surface area contributed by atoms with E-state index < -0.39 is 0 Å². The third kappa shape index (κ3) is 3.98. The summed E-state index contributed by atoms with van der Waals surface area (Å²) in [4.78, 5) is 30.1. The number of piperazine rings is 1. The number of nitrogens with one attached hydrogen (secondary N) is 1. The molecule has 1 atom stereocenters. The zero-order valence-electron chi connectivity index (χ0n) is 14.4. The van der Waals surface area contributed by atoms with E-state index in [-0.39, 0.29) is 17.4 Å². The van der Waals surface area contributed by atoms with Crippen molar-refractivity contribution in [3.63, 3.8) is 0 Å². The van der Waals surface area contributed by atoms with Crippen LogP contribution in [-0.4, -0.2) is 60.4 Å². The minimum absolute atomic E-state index is 0.0409. The maximum atomic E-state index is 12.6. The molecule has 0 bridgehead atoms. The van der Waals surface area contributed by atoms with Gasteiger partial charge in [-0.25, -0.2) is 0 Å².